The van der Waals surface area contributed by atoms with Crippen molar-refractivity contribution in [1.29, 1.82) is 0 Å². The maximum Gasteiger partial charge on any atom is 0.339 e. The number of aryl methyl sites for hydroxylation is 1. The fourth-order valence-corrected chi connectivity index (χ4v) is 2.67. The number of hydrogen-bond acceptors (Lipinski definition) is 4. The van der Waals surface area contributed by atoms with Crippen LogP contribution in [0.2, 0.25) is 0 Å². The largest absolute Gasteiger partial charge is 0.350 e. The van der Waals surface area contributed by atoms with Crippen LogP contribution < -0.4 is 5.73 Å². The Morgan fingerprint density at radius 2 is 1.86 bits per heavy atom. The average Bonchev–Trinajstić information content (AvgIpc) is 2.82. The number of carbonyl (C=O) groups excluding carboxylic acids is 3. The Labute approximate surface area is 130 Å². The Kier molecular flexibility index (Phi) is 5.84. The summed E-state index contributed by atoms with van der Waals surface area (Å²) in [5.74, 6) is -1.66. The normalized spacial score (nSPS) is 13.5. The quantitative estimate of drug-likeness (QED) is 0.801. The third-order valence-electron chi connectivity index (χ3n) is 3.87. The van der Waals surface area contributed by atoms with Crippen molar-refractivity contribution in [1.82, 2.24) is 14.7 Å². The molecule has 1 aromatic heterocycles. The highest BCUT2D eigenvalue weighted by atomic mass is 16.2. The van der Waals surface area contributed by atoms with E-state index in [-0.39, 0.29) is 11.7 Å². The number of carbonyl (C=O) groups is 3. The van der Waals surface area contributed by atoms with Crippen LogP contribution in [0.4, 0.5) is 4.79 Å². The standard InChI is InChI=1S/C15H24N4O3/c1-6-18(7-2)14(21)12(11(5)20)10(4)13-9(3)8-19(17-13)15(16)22/h8,10,12H,6-7H2,1-5H3,(H2,16,22). The molecule has 2 amide bonds. The average molecular weight is 308 g/mol. The molecule has 0 aliphatic heterocycles. The van der Waals surface area contributed by atoms with Crippen LogP contribution in [0, 0.1) is 12.8 Å². The van der Waals surface area contributed by atoms with Gasteiger partial charge in [-0.3, -0.25) is 9.59 Å². The van der Waals surface area contributed by atoms with Gasteiger partial charge in [0.1, 0.15) is 11.7 Å². The first-order valence-corrected chi connectivity index (χ1v) is 7.39. The topological polar surface area (TPSA) is 98.3 Å². The second-order valence-corrected chi connectivity index (χ2v) is 5.37. The lowest BCUT2D eigenvalue weighted by atomic mass is 9.85. The third kappa shape index (κ3) is 3.52. The predicted octanol–water partition coefficient (Wildman–Crippen LogP) is 1.30. The summed E-state index contributed by atoms with van der Waals surface area (Å²) in [7, 11) is 0. The van der Waals surface area contributed by atoms with Crippen LogP contribution in [0.25, 0.3) is 0 Å². The number of aromatic nitrogens is 2. The zero-order valence-corrected chi connectivity index (χ0v) is 13.8. The molecule has 0 aromatic carbocycles. The maximum atomic E-state index is 12.6. The van der Waals surface area contributed by atoms with E-state index >= 15 is 0 Å². The van der Waals surface area contributed by atoms with E-state index in [4.69, 9.17) is 5.73 Å². The maximum absolute atomic E-state index is 12.6. The van der Waals surface area contributed by atoms with E-state index in [1.165, 1.54) is 13.1 Å². The molecule has 122 valence electrons. The minimum atomic E-state index is -0.810. The van der Waals surface area contributed by atoms with Crippen molar-refractivity contribution in [3.8, 4) is 0 Å². The summed E-state index contributed by atoms with van der Waals surface area (Å²) in [5, 5.41) is 4.13. The van der Waals surface area contributed by atoms with Gasteiger partial charge in [0.15, 0.2) is 0 Å². The van der Waals surface area contributed by atoms with E-state index < -0.39 is 17.9 Å². The smallest absolute Gasteiger partial charge is 0.339 e. The molecule has 0 fully saturated rings. The minimum absolute atomic E-state index is 0.210. The van der Waals surface area contributed by atoms with Gasteiger partial charge in [-0.15, -0.1) is 0 Å². The molecular formula is C15H24N4O3. The fraction of sp³-hybridized carbons (Fsp3) is 0.600. The molecule has 0 bridgehead atoms. The van der Waals surface area contributed by atoms with Gasteiger partial charge >= 0.3 is 6.03 Å². The van der Waals surface area contributed by atoms with E-state index in [9.17, 15) is 14.4 Å². The Morgan fingerprint density at radius 1 is 1.32 bits per heavy atom. The molecule has 0 radical (unpaired) electrons. The van der Waals surface area contributed by atoms with E-state index in [1.807, 2.05) is 13.8 Å². The second kappa shape index (κ2) is 7.20. The Morgan fingerprint density at radius 3 is 2.23 bits per heavy atom. The summed E-state index contributed by atoms with van der Waals surface area (Å²) >= 11 is 0. The van der Waals surface area contributed by atoms with Gasteiger partial charge in [-0.2, -0.15) is 9.78 Å². The van der Waals surface area contributed by atoms with Crippen molar-refractivity contribution >= 4 is 17.7 Å². The number of nitrogens with zero attached hydrogens (tertiary/aromatic N) is 3. The van der Waals surface area contributed by atoms with Crippen molar-refractivity contribution in [2.75, 3.05) is 13.1 Å². The Bertz CT molecular complexity index is 575. The number of primary amides is 1. The van der Waals surface area contributed by atoms with Gasteiger partial charge in [0.05, 0.1) is 5.69 Å². The summed E-state index contributed by atoms with van der Waals surface area (Å²) in [4.78, 5) is 37.4. The molecule has 0 saturated carbocycles. The highest BCUT2D eigenvalue weighted by Crippen LogP contribution is 2.28. The van der Waals surface area contributed by atoms with Crippen LogP contribution in [0.3, 0.4) is 0 Å². The molecule has 0 aliphatic rings. The van der Waals surface area contributed by atoms with Gasteiger partial charge in [-0.1, -0.05) is 6.92 Å². The predicted molar refractivity (Wildman–Crippen MR) is 82.5 cm³/mol. The summed E-state index contributed by atoms with van der Waals surface area (Å²) in [5.41, 5.74) is 6.47. The van der Waals surface area contributed by atoms with Crippen LogP contribution in [0.15, 0.2) is 6.20 Å². The lowest BCUT2D eigenvalue weighted by Gasteiger charge is -2.27. The summed E-state index contributed by atoms with van der Waals surface area (Å²) in [6, 6.07) is -0.698. The van der Waals surface area contributed by atoms with Crippen molar-refractivity contribution in [3.63, 3.8) is 0 Å². The monoisotopic (exact) mass is 308 g/mol. The highest BCUT2D eigenvalue weighted by Gasteiger charge is 2.35. The zero-order chi connectivity index (χ0) is 17.0. The molecule has 7 heteroatoms. The van der Waals surface area contributed by atoms with E-state index in [2.05, 4.69) is 5.10 Å². The van der Waals surface area contributed by atoms with Gasteiger partial charge in [-0.25, -0.2) is 4.79 Å². The van der Waals surface area contributed by atoms with Crippen molar-refractivity contribution in [2.45, 2.75) is 40.5 Å². The van der Waals surface area contributed by atoms with Crippen LogP contribution >= 0.6 is 0 Å². The first-order chi connectivity index (χ1) is 10.2. The third-order valence-corrected chi connectivity index (χ3v) is 3.87. The van der Waals surface area contributed by atoms with Crippen LogP contribution in [0.5, 0.6) is 0 Å². The van der Waals surface area contributed by atoms with E-state index in [1.54, 1.807) is 18.7 Å². The molecule has 2 unspecified atom stereocenters. The molecule has 0 aliphatic carbocycles. The lowest BCUT2D eigenvalue weighted by Crippen LogP contribution is -2.41. The van der Waals surface area contributed by atoms with Crippen LogP contribution in [0.1, 0.15) is 44.9 Å². The SMILES string of the molecule is CCN(CC)C(=O)C(C(C)=O)C(C)c1nn(C(N)=O)cc1C. The van der Waals surface area contributed by atoms with Gasteiger partial charge < -0.3 is 10.6 Å². The second-order valence-electron chi connectivity index (χ2n) is 5.37. The molecule has 0 spiro atoms. The summed E-state index contributed by atoms with van der Waals surface area (Å²) in [6.07, 6.45) is 1.51. The van der Waals surface area contributed by atoms with Gasteiger partial charge in [0, 0.05) is 25.2 Å². The van der Waals surface area contributed by atoms with Gasteiger partial charge in [-0.05, 0) is 33.3 Å². The van der Waals surface area contributed by atoms with Crippen molar-refractivity contribution < 1.29 is 14.4 Å². The lowest BCUT2D eigenvalue weighted by molar-refractivity contribution is -0.141. The minimum Gasteiger partial charge on any atom is -0.350 e. The molecule has 0 saturated heterocycles. The van der Waals surface area contributed by atoms with Gasteiger partial charge in [0.2, 0.25) is 5.91 Å². The number of hydrogen-bond donors (Lipinski definition) is 1. The van der Waals surface area contributed by atoms with Crippen LogP contribution in [-0.4, -0.2) is 45.5 Å². The van der Waals surface area contributed by atoms with Crippen molar-refractivity contribution in [3.05, 3.63) is 17.5 Å². The van der Waals surface area contributed by atoms with Crippen LogP contribution in [-0.2, 0) is 9.59 Å². The molecule has 2 N–H and O–H groups in total. The first-order valence-electron chi connectivity index (χ1n) is 7.39. The number of Topliss-reactive ketones (excluding diaryl/α,β-unsaturated/α-hetero) is 1. The molecule has 22 heavy (non-hydrogen) atoms. The number of nitrogens with two attached hydrogens (primary N) is 1. The van der Waals surface area contributed by atoms with Crippen molar-refractivity contribution in [2.24, 2.45) is 11.7 Å². The summed E-state index contributed by atoms with van der Waals surface area (Å²) in [6.45, 7) is 9.78. The molecule has 1 heterocycles. The number of rotatable bonds is 6. The van der Waals surface area contributed by atoms with E-state index in [0.717, 1.165) is 10.2 Å². The number of ketones is 1. The number of amides is 2. The molecule has 1 rings (SSSR count). The highest BCUT2D eigenvalue weighted by molar-refractivity contribution is 6.01. The Balaban J connectivity index is 3.19. The van der Waals surface area contributed by atoms with E-state index in [0.29, 0.717) is 18.8 Å². The molecular weight excluding hydrogens is 284 g/mol. The van der Waals surface area contributed by atoms with Gasteiger partial charge in [0.25, 0.3) is 0 Å². The first kappa shape index (κ1) is 17.9. The molecule has 2 atom stereocenters. The Hall–Kier alpha value is -2.18. The fourth-order valence-electron chi connectivity index (χ4n) is 2.67. The zero-order valence-electron chi connectivity index (χ0n) is 13.8. The molecule has 1 aromatic rings. The molecule has 7 nitrogen and oxygen atoms in total. The summed E-state index contributed by atoms with van der Waals surface area (Å²) < 4.78 is 1.03.